The van der Waals surface area contributed by atoms with Crippen LogP contribution in [0.2, 0.25) is 5.02 Å². The molecule has 9 heteroatoms. The molecular weight excluding hydrogens is 426 g/mol. The first-order valence-electron chi connectivity index (χ1n) is 8.86. The van der Waals surface area contributed by atoms with E-state index in [1.807, 2.05) is 6.92 Å². The van der Waals surface area contributed by atoms with E-state index >= 15 is 0 Å². The topological polar surface area (TPSA) is 97.7 Å². The maximum atomic E-state index is 12.5. The van der Waals surface area contributed by atoms with Crippen LogP contribution in [-0.4, -0.2) is 25.5 Å². The molecule has 7 nitrogen and oxygen atoms in total. The maximum Gasteiger partial charge on any atom is 0.339 e. The normalized spacial score (nSPS) is 11.4. The molecule has 2 aromatic carbocycles. The summed E-state index contributed by atoms with van der Waals surface area (Å²) in [7, 11) is -4.04. The first-order valence-corrected chi connectivity index (χ1v) is 10.6. The Bertz CT molecular complexity index is 1180. The second kappa shape index (κ2) is 9.51. The Labute approximate surface area is 179 Å². The summed E-state index contributed by atoms with van der Waals surface area (Å²) in [4.78, 5) is 16.1. The van der Waals surface area contributed by atoms with Crippen LogP contribution < -0.4 is 9.61 Å². The Morgan fingerprint density at radius 1 is 1.17 bits per heavy atom. The van der Waals surface area contributed by atoms with E-state index in [1.165, 1.54) is 36.7 Å². The largest absolute Gasteiger partial charge is 0.377 e. The van der Waals surface area contributed by atoms with Gasteiger partial charge >= 0.3 is 10.1 Å². The molecule has 0 aliphatic heterocycles. The summed E-state index contributed by atoms with van der Waals surface area (Å²) in [6, 6.07) is 16.2. The molecule has 1 aromatic heterocycles. The SMILES string of the molecule is Cc1ccc(S(=O)(=O)Oc2cccnc2/C=N\NC(=O)Cc2cccc(Cl)c2)cc1. The van der Waals surface area contributed by atoms with Gasteiger partial charge in [-0.2, -0.15) is 13.5 Å². The number of rotatable bonds is 7. The summed E-state index contributed by atoms with van der Waals surface area (Å²) < 4.78 is 30.2. The van der Waals surface area contributed by atoms with Crippen LogP contribution in [0.4, 0.5) is 0 Å². The van der Waals surface area contributed by atoms with E-state index < -0.39 is 10.1 Å². The number of aromatic nitrogens is 1. The Morgan fingerprint density at radius 2 is 1.93 bits per heavy atom. The number of benzene rings is 2. The smallest absolute Gasteiger partial charge is 0.339 e. The summed E-state index contributed by atoms with van der Waals surface area (Å²) in [6.07, 6.45) is 2.77. The molecule has 1 N–H and O–H groups in total. The predicted octanol–water partition coefficient (Wildman–Crippen LogP) is 3.50. The lowest BCUT2D eigenvalue weighted by Crippen LogP contribution is -2.20. The van der Waals surface area contributed by atoms with Gasteiger partial charge in [0.2, 0.25) is 5.91 Å². The molecule has 0 saturated heterocycles. The summed E-state index contributed by atoms with van der Waals surface area (Å²) >= 11 is 5.90. The molecule has 1 heterocycles. The molecule has 3 aromatic rings. The van der Waals surface area contributed by atoms with Gasteiger partial charge in [0.25, 0.3) is 0 Å². The fraction of sp³-hybridized carbons (Fsp3) is 0.0952. The van der Waals surface area contributed by atoms with E-state index in [0.717, 1.165) is 11.1 Å². The fourth-order valence-electron chi connectivity index (χ4n) is 2.48. The predicted molar refractivity (Wildman–Crippen MR) is 114 cm³/mol. The van der Waals surface area contributed by atoms with Crippen LogP contribution in [0.15, 0.2) is 76.9 Å². The summed E-state index contributed by atoms with van der Waals surface area (Å²) in [5, 5.41) is 4.38. The van der Waals surface area contributed by atoms with E-state index in [9.17, 15) is 13.2 Å². The molecule has 0 aliphatic carbocycles. The zero-order chi connectivity index (χ0) is 21.6. The second-order valence-corrected chi connectivity index (χ2v) is 8.32. The highest BCUT2D eigenvalue weighted by molar-refractivity contribution is 7.87. The van der Waals surface area contributed by atoms with Crippen molar-refractivity contribution in [3.63, 3.8) is 0 Å². The van der Waals surface area contributed by atoms with Crippen molar-refractivity contribution in [2.75, 3.05) is 0 Å². The van der Waals surface area contributed by atoms with Gasteiger partial charge in [-0.1, -0.05) is 41.4 Å². The number of carbonyl (C=O) groups is 1. The zero-order valence-corrected chi connectivity index (χ0v) is 17.5. The molecule has 0 bridgehead atoms. The van der Waals surface area contributed by atoms with Crippen LogP contribution in [0.1, 0.15) is 16.8 Å². The van der Waals surface area contributed by atoms with Crippen molar-refractivity contribution in [1.82, 2.24) is 10.4 Å². The zero-order valence-electron chi connectivity index (χ0n) is 15.9. The van der Waals surface area contributed by atoms with Crippen molar-refractivity contribution >= 4 is 33.8 Å². The van der Waals surface area contributed by atoms with E-state index in [2.05, 4.69) is 15.5 Å². The highest BCUT2D eigenvalue weighted by Gasteiger charge is 2.18. The summed E-state index contributed by atoms with van der Waals surface area (Å²) in [6.45, 7) is 1.85. The van der Waals surface area contributed by atoms with Gasteiger partial charge in [-0.05, 0) is 48.9 Å². The average molecular weight is 444 g/mol. The molecule has 30 heavy (non-hydrogen) atoms. The van der Waals surface area contributed by atoms with Gasteiger partial charge < -0.3 is 4.18 Å². The molecule has 1 amide bonds. The Hall–Kier alpha value is -3.23. The average Bonchev–Trinajstić information content (AvgIpc) is 2.69. The number of amides is 1. The van der Waals surface area contributed by atoms with Gasteiger partial charge in [0.1, 0.15) is 10.6 Å². The van der Waals surface area contributed by atoms with Gasteiger partial charge in [0.05, 0.1) is 12.6 Å². The molecule has 0 saturated carbocycles. The minimum absolute atomic E-state index is 0.00841. The molecule has 0 spiro atoms. The van der Waals surface area contributed by atoms with Crippen molar-refractivity contribution in [2.24, 2.45) is 5.10 Å². The Kier molecular flexibility index (Phi) is 6.81. The summed E-state index contributed by atoms with van der Waals surface area (Å²) in [5.74, 6) is -0.370. The number of pyridine rings is 1. The van der Waals surface area contributed by atoms with Crippen molar-refractivity contribution in [3.8, 4) is 5.75 Å². The van der Waals surface area contributed by atoms with Gasteiger partial charge in [-0.3, -0.25) is 9.78 Å². The molecular formula is C21H18ClN3O4S. The van der Waals surface area contributed by atoms with Crippen molar-refractivity contribution < 1.29 is 17.4 Å². The number of carbonyl (C=O) groups excluding carboxylic acids is 1. The first-order chi connectivity index (χ1) is 14.3. The number of halogens is 1. The van der Waals surface area contributed by atoms with Crippen LogP contribution >= 0.6 is 11.6 Å². The first kappa shape index (κ1) is 21.5. The maximum absolute atomic E-state index is 12.5. The van der Waals surface area contributed by atoms with Crippen LogP contribution in [0.25, 0.3) is 0 Å². The van der Waals surface area contributed by atoms with Crippen LogP contribution in [0.3, 0.4) is 0 Å². The van der Waals surface area contributed by atoms with Crippen LogP contribution in [-0.2, 0) is 21.3 Å². The van der Waals surface area contributed by atoms with E-state index in [-0.39, 0.29) is 28.7 Å². The van der Waals surface area contributed by atoms with Gasteiger partial charge in [0, 0.05) is 11.2 Å². The Morgan fingerprint density at radius 3 is 2.67 bits per heavy atom. The van der Waals surface area contributed by atoms with E-state index in [0.29, 0.717) is 5.02 Å². The second-order valence-electron chi connectivity index (χ2n) is 6.34. The third-order valence-corrected chi connectivity index (χ3v) is 5.42. The van der Waals surface area contributed by atoms with Crippen molar-refractivity contribution in [3.05, 3.63) is 88.7 Å². The molecule has 0 fully saturated rings. The summed E-state index contributed by atoms with van der Waals surface area (Å²) in [5.41, 5.74) is 4.18. The number of nitrogens with zero attached hydrogens (tertiary/aromatic N) is 2. The minimum Gasteiger partial charge on any atom is -0.377 e. The highest BCUT2D eigenvalue weighted by atomic mass is 35.5. The highest BCUT2D eigenvalue weighted by Crippen LogP contribution is 2.20. The molecule has 0 atom stereocenters. The van der Waals surface area contributed by atoms with Gasteiger partial charge in [0.15, 0.2) is 5.75 Å². The lowest BCUT2D eigenvalue weighted by atomic mass is 10.1. The Balaban J connectivity index is 1.69. The third-order valence-electron chi connectivity index (χ3n) is 3.94. The van der Waals surface area contributed by atoms with Crippen LogP contribution in [0.5, 0.6) is 5.75 Å². The molecule has 0 aliphatic rings. The van der Waals surface area contributed by atoms with E-state index in [1.54, 1.807) is 36.4 Å². The van der Waals surface area contributed by atoms with Gasteiger partial charge in [-0.25, -0.2) is 5.43 Å². The number of aryl methyl sites for hydroxylation is 1. The number of hydrazone groups is 1. The van der Waals surface area contributed by atoms with Crippen molar-refractivity contribution in [1.29, 1.82) is 0 Å². The molecule has 0 unspecified atom stereocenters. The monoisotopic (exact) mass is 443 g/mol. The molecule has 0 radical (unpaired) electrons. The van der Waals surface area contributed by atoms with E-state index in [4.69, 9.17) is 15.8 Å². The van der Waals surface area contributed by atoms with Crippen LogP contribution in [0, 0.1) is 6.92 Å². The standard InChI is InChI=1S/C21H18ClN3O4S/c1-15-7-9-18(10-8-15)30(27,28)29-20-6-3-11-23-19(20)14-24-25-21(26)13-16-4-2-5-17(22)12-16/h2-12,14H,13H2,1H3,(H,25,26)/b24-14-. The number of nitrogens with one attached hydrogen (secondary N) is 1. The third kappa shape index (κ3) is 5.88. The molecule has 3 rings (SSSR count). The van der Waals surface area contributed by atoms with Crippen molar-refractivity contribution in [2.45, 2.75) is 18.2 Å². The quantitative estimate of drug-likeness (QED) is 0.342. The minimum atomic E-state index is -4.04. The molecule has 154 valence electrons. The number of hydrogen-bond acceptors (Lipinski definition) is 6. The lowest BCUT2D eigenvalue weighted by Gasteiger charge is -2.09. The fourth-order valence-corrected chi connectivity index (χ4v) is 3.63. The van der Waals surface area contributed by atoms with Gasteiger partial charge in [-0.15, -0.1) is 0 Å². The lowest BCUT2D eigenvalue weighted by molar-refractivity contribution is -0.120. The number of hydrogen-bond donors (Lipinski definition) is 1.